The fourth-order valence-electron chi connectivity index (χ4n) is 2.40. The number of hydrogen-bond donors (Lipinski definition) is 2. The number of oxime groups is 1. The third-order valence-electron chi connectivity index (χ3n) is 3.36. The molecule has 0 aliphatic heterocycles. The van der Waals surface area contributed by atoms with Gasteiger partial charge in [0.25, 0.3) is 0 Å². The minimum Gasteiger partial charge on any atom is -0.411 e. The number of nitrogens with zero attached hydrogens (tertiary/aromatic N) is 1. The lowest BCUT2D eigenvalue weighted by Crippen LogP contribution is -2.22. The van der Waals surface area contributed by atoms with Crippen molar-refractivity contribution in [2.75, 3.05) is 5.73 Å². The number of rotatable bonds is 1. The first kappa shape index (κ1) is 12.1. The van der Waals surface area contributed by atoms with Crippen LogP contribution in [0.5, 0.6) is 0 Å². The quantitative estimate of drug-likeness (QED) is 0.304. The van der Waals surface area contributed by atoms with E-state index in [2.05, 4.69) is 5.16 Å². The van der Waals surface area contributed by atoms with Gasteiger partial charge in [-0.05, 0) is 6.07 Å². The topological polar surface area (TPSA) is 92.8 Å². The molecule has 0 atom stereocenters. The molecule has 0 radical (unpaired) electrons. The molecule has 0 saturated carbocycles. The molecule has 98 valence electrons. The Morgan fingerprint density at radius 1 is 0.950 bits per heavy atom. The zero-order valence-corrected chi connectivity index (χ0v) is 10.3. The summed E-state index contributed by atoms with van der Waals surface area (Å²) in [5.41, 5.74) is 7.64. The van der Waals surface area contributed by atoms with Crippen molar-refractivity contribution in [3.63, 3.8) is 0 Å². The minimum atomic E-state index is -0.291. The largest absolute Gasteiger partial charge is 0.411 e. The van der Waals surface area contributed by atoms with Crippen molar-refractivity contribution in [2.24, 2.45) is 5.16 Å². The molecule has 0 fully saturated rings. The lowest BCUT2D eigenvalue weighted by molar-refractivity contribution is 0.0979. The Balaban J connectivity index is 2.31. The smallest absolute Gasteiger partial charge is 0.196 e. The van der Waals surface area contributed by atoms with Gasteiger partial charge >= 0.3 is 0 Å². The van der Waals surface area contributed by atoms with E-state index in [4.69, 9.17) is 10.9 Å². The van der Waals surface area contributed by atoms with Crippen LogP contribution in [0.3, 0.4) is 0 Å². The number of ketones is 2. The summed E-state index contributed by atoms with van der Waals surface area (Å²) < 4.78 is 0. The summed E-state index contributed by atoms with van der Waals surface area (Å²) in [5, 5.41) is 11.5. The number of anilines is 1. The van der Waals surface area contributed by atoms with Crippen LogP contribution in [-0.2, 0) is 0 Å². The zero-order valence-electron chi connectivity index (χ0n) is 10.3. The number of benzene rings is 2. The van der Waals surface area contributed by atoms with Gasteiger partial charge in [-0.15, -0.1) is 0 Å². The molecule has 0 saturated heterocycles. The fourth-order valence-corrected chi connectivity index (χ4v) is 2.40. The lowest BCUT2D eigenvalue weighted by Gasteiger charge is -2.19. The lowest BCUT2D eigenvalue weighted by atomic mass is 9.82. The minimum absolute atomic E-state index is 0.146. The summed E-state index contributed by atoms with van der Waals surface area (Å²) in [6.45, 7) is 0. The highest BCUT2D eigenvalue weighted by molar-refractivity contribution is 6.30. The molecule has 0 amide bonds. The van der Waals surface area contributed by atoms with Crippen molar-refractivity contribution in [2.45, 2.75) is 0 Å². The first-order valence-electron chi connectivity index (χ1n) is 5.93. The van der Waals surface area contributed by atoms with Crippen LogP contribution < -0.4 is 5.73 Å². The molecule has 5 nitrogen and oxygen atoms in total. The van der Waals surface area contributed by atoms with Crippen LogP contribution in [0.1, 0.15) is 37.4 Å². The monoisotopic (exact) mass is 266 g/mol. The summed E-state index contributed by atoms with van der Waals surface area (Å²) in [4.78, 5) is 24.9. The van der Waals surface area contributed by atoms with Gasteiger partial charge in [-0.1, -0.05) is 35.5 Å². The molecule has 0 aromatic heterocycles. The Bertz CT molecular complexity index is 779. The van der Waals surface area contributed by atoms with E-state index in [1.807, 2.05) is 0 Å². The molecule has 0 spiro atoms. The van der Waals surface area contributed by atoms with Crippen LogP contribution in [0, 0.1) is 0 Å². The molecule has 5 heteroatoms. The number of carbonyl (C=O) groups is 2. The second-order valence-corrected chi connectivity index (χ2v) is 4.44. The Morgan fingerprint density at radius 2 is 1.60 bits per heavy atom. The van der Waals surface area contributed by atoms with E-state index in [0.717, 1.165) is 6.21 Å². The molecule has 2 aromatic carbocycles. The average molecular weight is 266 g/mol. The molecular weight excluding hydrogens is 256 g/mol. The molecule has 3 N–H and O–H groups in total. The third kappa shape index (κ3) is 1.53. The maximum Gasteiger partial charge on any atom is 0.196 e. The number of carbonyl (C=O) groups excluding carboxylic acids is 2. The van der Waals surface area contributed by atoms with E-state index in [9.17, 15) is 9.59 Å². The molecule has 3 rings (SSSR count). The van der Waals surface area contributed by atoms with Crippen LogP contribution in [0.15, 0.2) is 41.6 Å². The van der Waals surface area contributed by atoms with Crippen LogP contribution in [-0.4, -0.2) is 23.0 Å². The van der Waals surface area contributed by atoms with Gasteiger partial charge in [0, 0.05) is 22.3 Å². The predicted molar refractivity (Wildman–Crippen MR) is 73.5 cm³/mol. The van der Waals surface area contributed by atoms with Crippen molar-refractivity contribution in [1.82, 2.24) is 0 Å². The van der Waals surface area contributed by atoms with E-state index < -0.39 is 0 Å². The van der Waals surface area contributed by atoms with Gasteiger partial charge in [-0.25, -0.2) is 0 Å². The number of nitrogens with two attached hydrogens (primary N) is 1. The average Bonchev–Trinajstić information content (AvgIpc) is 2.47. The van der Waals surface area contributed by atoms with E-state index in [1.165, 1.54) is 6.07 Å². The maximum absolute atomic E-state index is 12.5. The standard InChI is InChI=1S/C15H10N2O3/c16-13-8(7-17-20)5-6-11-12(13)15(19)10-4-2-1-3-9(10)14(11)18/h1-7,20H,16H2. The number of fused-ring (bicyclic) bond motifs is 2. The summed E-state index contributed by atoms with van der Waals surface area (Å²) in [5.74, 6) is -0.518. The fraction of sp³-hybridized carbons (Fsp3) is 0. The first-order chi connectivity index (χ1) is 9.65. The summed E-state index contributed by atoms with van der Waals surface area (Å²) in [7, 11) is 0. The van der Waals surface area contributed by atoms with Crippen molar-refractivity contribution in [1.29, 1.82) is 0 Å². The first-order valence-corrected chi connectivity index (χ1v) is 5.93. The van der Waals surface area contributed by atoms with Gasteiger partial charge in [0.1, 0.15) is 0 Å². The summed E-state index contributed by atoms with van der Waals surface area (Å²) in [6, 6.07) is 9.71. The van der Waals surface area contributed by atoms with Crippen LogP contribution >= 0.6 is 0 Å². The summed E-state index contributed by atoms with van der Waals surface area (Å²) in [6.07, 6.45) is 1.13. The maximum atomic E-state index is 12.5. The SMILES string of the molecule is Nc1c(C=NO)ccc2c1C(=O)c1ccccc1C2=O. The van der Waals surface area contributed by atoms with Gasteiger partial charge in [0.2, 0.25) is 0 Å². The van der Waals surface area contributed by atoms with Crippen LogP contribution in [0.2, 0.25) is 0 Å². The van der Waals surface area contributed by atoms with Crippen molar-refractivity contribution in [3.05, 3.63) is 64.2 Å². The summed E-state index contributed by atoms with van der Waals surface area (Å²) >= 11 is 0. The van der Waals surface area contributed by atoms with E-state index in [1.54, 1.807) is 30.3 Å². The van der Waals surface area contributed by atoms with Crippen LogP contribution in [0.25, 0.3) is 0 Å². The Morgan fingerprint density at radius 3 is 2.25 bits per heavy atom. The number of hydrogen-bond acceptors (Lipinski definition) is 5. The van der Waals surface area contributed by atoms with Crippen LogP contribution in [0.4, 0.5) is 5.69 Å². The van der Waals surface area contributed by atoms with Crippen molar-refractivity contribution >= 4 is 23.5 Å². The van der Waals surface area contributed by atoms with Gasteiger partial charge in [-0.2, -0.15) is 0 Å². The normalized spacial score (nSPS) is 13.4. The molecule has 1 aliphatic carbocycles. The highest BCUT2D eigenvalue weighted by atomic mass is 16.4. The zero-order chi connectivity index (χ0) is 14.3. The van der Waals surface area contributed by atoms with Gasteiger partial charge in [0.15, 0.2) is 11.6 Å². The van der Waals surface area contributed by atoms with E-state index >= 15 is 0 Å². The third-order valence-corrected chi connectivity index (χ3v) is 3.36. The molecule has 20 heavy (non-hydrogen) atoms. The van der Waals surface area contributed by atoms with Gasteiger partial charge in [0.05, 0.1) is 17.5 Å². The Hall–Kier alpha value is -2.95. The Labute approximate surface area is 114 Å². The van der Waals surface area contributed by atoms with E-state index in [0.29, 0.717) is 16.7 Å². The van der Waals surface area contributed by atoms with E-state index in [-0.39, 0.29) is 28.4 Å². The second kappa shape index (κ2) is 4.31. The molecule has 0 bridgehead atoms. The predicted octanol–water partition coefficient (Wildman–Crippen LogP) is 1.85. The number of nitrogen functional groups attached to an aromatic ring is 1. The highest BCUT2D eigenvalue weighted by Crippen LogP contribution is 2.32. The molecule has 0 unspecified atom stereocenters. The molecule has 2 aromatic rings. The van der Waals surface area contributed by atoms with Gasteiger partial charge < -0.3 is 10.9 Å². The second-order valence-electron chi connectivity index (χ2n) is 4.44. The molecular formula is C15H10N2O3. The van der Waals surface area contributed by atoms with Crippen molar-refractivity contribution in [3.8, 4) is 0 Å². The molecule has 0 heterocycles. The van der Waals surface area contributed by atoms with Crippen molar-refractivity contribution < 1.29 is 14.8 Å². The Kier molecular flexibility index (Phi) is 2.61. The van der Waals surface area contributed by atoms with Gasteiger partial charge in [-0.3, -0.25) is 9.59 Å². The molecule has 1 aliphatic rings. The highest BCUT2D eigenvalue weighted by Gasteiger charge is 2.31.